The minimum absolute atomic E-state index is 0.300. The first-order valence-electron chi connectivity index (χ1n) is 6.31. The van der Waals surface area contributed by atoms with Crippen molar-refractivity contribution in [1.82, 2.24) is 5.32 Å². The van der Waals surface area contributed by atoms with Gasteiger partial charge in [0.25, 0.3) is 0 Å². The molecule has 0 saturated heterocycles. The second-order valence-electron chi connectivity index (χ2n) is 5.72. The van der Waals surface area contributed by atoms with Gasteiger partial charge in [-0.3, -0.25) is 0 Å². The van der Waals surface area contributed by atoms with Crippen LogP contribution in [0, 0.1) is 19.8 Å². The summed E-state index contributed by atoms with van der Waals surface area (Å²) in [6.45, 7) is 10.1. The number of hydrogen-bond acceptors (Lipinski definition) is 1. The molecular weight excluding hydrogens is 194 g/mol. The zero-order chi connectivity index (χ0) is 11.8. The lowest BCUT2D eigenvalue weighted by atomic mass is 9.96. The zero-order valence-electron chi connectivity index (χ0n) is 10.9. The summed E-state index contributed by atoms with van der Waals surface area (Å²) in [4.78, 5) is 0. The Hall–Kier alpha value is -0.820. The predicted molar refractivity (Wildman–Crippen MR) is 69.6 cm³/mol. The summed E-state index contributed by atoms with van der Waals surface area (Å²) in [5.74, 6) is 0.886. The molecule has 1 N–H and O–H groups in total. The largest absolute Gasteiger partial charge is 0.307 e. The zero-order valence-corrected chi connectivity index (χ0v) is 10.9. The van der Waals surface area contributed by atoms with Crippen LogP contribution >= 0.6 is 0 Å². The van der Waals surface area contributed by atoms with E-state index in [4.69, 9.17) is 0 Å². The summed E-state index contributed by atoms with van der Waals surface area (Å²) in [5.41, 5.74) is 4.57. The molecule has 0 spiro atoms. The first-order chi connectivity index (χ1) is 7.50. The van der Waals surface area contributed by atoms with Crippen molar-refractivity contribution in [3.63, 3.8) is 0 Å². The molecule has 0 aliphatic heterocycles. The average Bonchev–Trinajstić information content (AvgIpc) is 2.99. The summed E-state index contributed by atoms with van der Waals surface area (Å²) in [7, 11) is 0. The summed E-state index contributed by atoms with van der Waals surface area (Å²) in [6.07, 6.45) is 2.79. The van der Waals surface area contributed by atoms with Gasteiger partial charge in [0.15, 0.2) is 0 Å². The van der Waals surface area contributed by atoms with Crippen LogP contribution in [0.25, 0.3) is 0 Å². The lowest BCUT2D eigenvalue weighted by Crippen LogP contribution is -2.41. The molecule has 0 aromatic heterocycles. The summed E-state index contributed by atoms with van der Waals surface area (Å²) < 4.78 is 0. The molecule has 1 aromatic carbocycles. The van der Waals surface area contributed by atoms with Crippen molar-refractivity contribution in [2.45, 2.75) is 52.6 Å². The Morgan fingerprint density at radius 2 is 1.75 bits per heavy atom. The quantitative estimate of drug-likeness (QED) is 0.813. The van der Waals surface area contributed by atoms with Crippen molar-refractivity contribution in [1.29, 1.82) is 0 Å². The van der Waals surface area contributed by atoms with Crippen molar-refractivity contribution in [3.8, 4) is 0 Å². The normalized spacial score (nSPS) is 16.5. The molecule has 0 amide bonds. The average molecular weight is 217 g/mol. The third-order valence-electron chi connectivity index (χ3n) is 3.96. The smallest absolute Gasteiger partial charge is 0.0215 e. The van der Waals surface area contributed by atoms with Crippen molar-refractivity contribution in [2.24, 2.45) is 5.92 Å². The maximum absolute atomic E-state index is 3.72. The van der Waals surface area contributed by atoms with Crippen molar-refractivity contribution >= 4 is 0 Å². The van der Waals surface area contributed by atoms with Gasteiger partial charge in [0.1, 0.15) is 0 Å². The van der Waals surface area contributed by atoms with Crippen molar-refractivity contribution < 1.29 is 0 Å². The van der Waals surface area contributed by atoms with Gasteiger partial charge >= 0.3 is 0 Å². The molecule has 0 bridgehead atoms. The van der Waals surface area contributed by atoms with Gasteiger partial charge in [0.05, 0.1) is 0 Å². The van der Waals surface area contributed by atoms with E-state index >= 15 is 0 Å². The fourth-order valence-electron chi connectivity index (χ4n) is 2.39. The van der Waals surface area contributed by atoms with Crippen LogP contribution < -0.4 is 5.32 Å². The summed E-state index contributed by atoms with van der Waals surface area (Å²) in [5, 5.41) is 3.72. The summed E-state index contributed by atoms with van der Waals surface area (Å²) in [6, 6.07) is 6.54. The van der Waals surface area contributed by atoms with Gasteiger partial charge in [-0.25, -0.2) is 0 Å². The molecule has 1 nitrogen and oxygen atoms in total. The number of nitrogens with one attached hydrogen (secondary N) is 1. The fourth-order valence-corrected chi connectivity index (χ4v) is 2.39. The Balaban J connectivity index is 2.04. The van der Waals surface area contributed by atoms with E-state index in [-0.39, 0.29) is 0 Å². The Kier molecular flexibility index (Phi) is 3.07. The van der Waals surface area contributed by atoms with Crippen LogP contribution in [0.15, 0.2) is 18.2 Å². The van der Waals surface area contributed by atoms with Crippen LogP contribution in [-0.4, -0.2) is 5.54 Å². The molecule has 1 aliphatic carbocycles. The second-order valence-corrected chi connectivity index (χ2v) is 5.72. The summed E-state index contributed by atoms with van der Waals surface area (Å²) >= 11 is 0. The van der Waals surface area contributed by atoms with E-state index in [0.29, 0.717) is 5.54 Å². The second kappa shape index (κ2) is 4.21. The Bertz CT molecular complexity index is 355. The molecule has 0 radical (unpaired) electrons. The highest BCUT2D eigenvalue weighted by Crippen LogP contribution is 2.39. The molecule has 88 valence electrons. The molecule has 2 rings (SSSR count). The van der Waals surface area contributed by atoms with Crippen LogP contribution in [0.3, 0.4) is 0 Å². The van der Waals surface area contributed by atoms with E-state index < -0.39 is 0 Å². The van der Waals surface area contributed by atoms with Gasteiger partial charge in [0.2, 0.25) is 0 Å². The van der Waals surface area contributed by atoms with E-state index in [2.05, 4.69) is 51.2 Å². The highest BCUT2D eigenvalue weighted by atomic mass is 15.0. The number of hydrogen-bond donors (Lipinski definition) is 1. The predicted octanol–water partition coefficient (Wildman–Crippen LogP) is 3.58. The first-order valence-corrected chi connectivity index (χ1v) is 6.31. The highest BCUT2D eigenvalue weighted by Gasteiger charge is 2.37. The lowest BCUT2D eigenvalue weighted by Gasteiger charge is -2.27. The van der Waals surface area contributed by atoms with Crippen LogP contribution in [0.4, 0.5) is 0 Å². The van der Waals surface area contributed by atoms with Gasteiger partial charge in [0, 0.05) is 12.1 Å². The van der Waals surface area contributed by atoms with Gasteiger partial charge < -0.3 is 5.32 Å². The number of benzene rings is 1. The molecule has 16 heavy (non-hydrogen) atoms. The first kappa shape index (κ1) is 11.7. The fraction of sp³-hybridized carbons (Fsp3) is 0.600. The van der Waals surface area contributed by atoms with Crippen LogP contribution in [0.1, 0.15) is 43.4 Å². The van der Waals surface area contributed by atoms with Crippen molar-refractivity contribution in [3.05, 3.63) is 34.9 Å². The molecule has 1 aliphatic rings. The van der Waals surface area contributed by atoms with Gasteiger partial charge in [-0.15, -0.1) is 0 Å². The minimum Gasteiger partial charge on any atom is -0.307 e. The monoisotopic (exact) mass is 217 g/mol. The Morgan fingerprint density at radius 3 is 2.25 bits per heavy atom. The molecule has 1 aromatic rings. The number of aryl methyl sites for hydroxylation is 2. The third kappa shape index (κ3) is 2.46. The third-order valence-corrected chi connectivity index (χ3v) is 3.96. The van der Waals surface area contributed by atoms with Crippen molar-refractivity contribution in [2.75, 3.05) is 0 Å². The number of rotatable bonds is 4. The van der Waals surface area contributed by atoms with Gasteiger partial charge in [-0.2, -0.15) is 0 Å². The Labute approximate surface area is 99.3 Å². The highest BCUT2D eigenvalue weighted by molar-refractivity contribution is 5.33. The minimum atomic E-state index is 0.300. The van der Waals surface area contributed by atoms with E-state index in [1.54, 1.807) is 0 Å². The topological polar surface area (TPSA) is 12.0 Å². The molecule has 1 heteroatoms. The van der Waals surface area contributed by atoms with Gasteiger partial charge in [-0.1, -0.05) is 18.2 Å². The van der Waals surface area contributed by atoms with Crippen LogP contribution in [-0.2, 0) is 6.54 Å². The van der Waals surface area contributed by atoms with Crippen LogP contribution in [0.5, 0.6) is 0 Å². The molecule has 1 fully saturated rings. The van der Waals surface area contributed by atoms with E-state index in [1.165, 1.54) is 29.5 Å². The Morgan fingerprint density at radius 1 is 1.19 bits per heavy atom. The molecule has 0 unspecified atom stereocenters. The SMILES string of the molecule is Cc1cccc(C)c1CNC(C)(C)C1CC1. The maximum atomic E-state index is 3.72. The molecule has 0 heterocycles. The molecule has 0 atom stereocenters. The van der Waals surface area contributed by atoms with Crippen LogP contribution in [0.2, 0.25) is 0 Å². The van der Waals surface area contributed by atoms with Gasteiger partial charge in [-0.05, 0) is 63.1 Å². The standard InChI is InChI=1S/C15H23N/c1-11-6-5-7-12(2)14(11)10-16-15(3,4)13-8-9-13/h5-7,13,16H,8-10H2,1-4H3. The molecule has 1 saturated carbocycles. The lowest BCUT2D eigenvalue weighted by molar-refractivity contribution is 0.339. The molecular formula is C15H23N. The van der Waals surface area contributed by atoms with E-state index in [0.717, 1.165) is 12.5 Å². The van der Waals surface area contributed by atoms with E-state index in [1.807, 2.05) is 0 Å². The maximum Gasteiger partial charge on any atom is 0.0215 e. The van der Waals surface area contributed by atoms with E-state index in [9.17, 15) is 0 Å².